The average molecular weight is 362 g/mol. The van der Waals surface area contributed by atoms with E-state index >= 15 is 0 Å². The van der Waals surface area contributed by atoms with Crippen LogP contribution in [0.5, 0.6) is 0 Å². The molecule has 1 aromatic carbocycles. The molecule has 0 N–H and O–H groups in total. The smallest absolute Gasteiger partial charge is 0.266 e. The maximum absolute atomic E-state index is 12.8. The summed E-state index contributed by atoms with van der Waals surface area (Å²) in [6.07, 6.45) is 3.25. The first-order valence-corrected chi connectivity index (χ1v) is 11.8. The molecule has 1 aliphatic rings. The monoisotopic (exact) mass is 361 g/mol. The standard InChI is InChI=1S/C20H31NO3Si/c1-8-14-20(24-25(6,7)19(3,4)5)21(18(22)16(2)23-20)15-17-12-10-9-11-13-17/h8-14,16H,15H2,1-7H3/b14-8-/t16-,20-/m0/s1. The van der Waals surface area contributed by atoms with Crippen molar-refractivity contribution in [2.24, 2.45) is 0 Å². The Labute approximate surface area is 152 Å². The van der Waals surface area contributed by atoms with E-state index in [0.717, 1.165) is 5.56 Å². The van der Waals surface area contributed by atoms with Gasteiger partial charge in [0.1, 0.15) is 6.10 Å². The van der Waals surface area contributed by atoms with Gasteiger partial charge in [0.25, 0.3) is 11.8 Å². The van der Waals surface area contributed by atoms with Crippen molar-refractivity contribution in [3.63, 3.8) is 0 Å². The molecule has 0 radical (unpaired) electrons. The molecule has 0 aromatic heterocycles. The number of ether oxygens (including phenoxy) is 1. The Morgan fingerprint density at radius 3 is 2.40 bits per heavy atom. The molecule has 5 heteroatoms. The van der Waals surface area contributed by atoms with Crippen molar-refractivity contribution in [2.45, 2.75) is 71.3 Å². The molecule has 2 rings (SSSR count). The molecule has 1 aliphatic heterocycles. The molecule has 1 aromatic rings. The van der Waals surface area contributed by atoms with Gasteiger partial charge in [0.2, 0.25) is 0 Å². The van der Waals surface area contributed by atoms with Gasteiger partial charge >= 0.3 is 0 Å². The van der Waals surface area contributed by atoms with E-state index in [1.807, 2.05) is 49.4 Å². The summed E-state index contributed by atoms with van der Waals surface area (Å²) in [6.45, 7) is 15.1. The molecule has 0 saturated carbocycles. The first-order valence-electron chi connectivity index (χ1n) is 8.90. The first-order chi connectivity index (χ1) is 11.5. The van der Waals surface area contributed by atoms with Gasteiger partial charge in [0, 0.05) is 0 Å². The molecule has 0 aliphatic carbocycles. The minimum Gasteiger partial charge on any atom is -0.371 e. The van der Waals surface area contributed by atoms with Crippen LogP contribution in [0.1, 0.15) is 40.2 Å². The first kappa shape index (κ1) is 19.9. The van der Waals surface area contributed by atoms with Crippen molar-refractivity contribution >= 4 is 14.2 Å². The van der Waals surface area contributed by atoms with Crippen LogP contribution in [-0.4, -0.2) is 31.1 Å². The Morgan fingerprint density at radius 1 is 1.28 bits per heavy atom. The number of allylic oxidation sites excluding steroid dienone is 1. The third-order valence-corrected chi connectivity index (χ3v) is 9.52. The average Bonchev–Trinajstić information content (AvgIpc) is 2.71. The zero-order chi connectivity index (χ0) is 18.9. The highest BCUT2D eigenvalue weighted by Gasteiger charge is 2.54. The highest BCUT2D eigenvalue weighted by molar-refractivity contribution is 6.74. The fourth-order valence-electron chi connectivity index (χ4n) is 2.67. The van der Waals surface area contributed by atoms with Crippen LogP contribution >= 0.6 is 0 Å². The molecule has 4 nitrogen and oxygen atoms in total. The minimum absolute atomic E-state index is 0.0121. The summed E-state index contributed by atoms with van der Waals surface area (Å²) < 4.78 is 12.8. The number of carbonyl (C=O) groups is 1. The molecule has 2 atom stereocenters. The second kappa shape index (κ2) is 7.06. The van der Waals surface area contributed by atoms with Crippen LogP contribution in [0.25, 0.3) is 0 Å². The largest absolute Gasteiger partial charge is 0.371 e. The van der Waals surface area contributed by atoms with Crippen molar-refractivity contribution in [3.8, 4) is 0 Å². The van der Waals surface area contributed by atoms with Gasteiger partial charge in [-0.3, -0.25) is 9.69 Å². The van der Waals surface area contributed by atoms with Gasteiger partial charge < -0.3 is 9.16 Å². The third-order valence-electron chi connectivity index (χ3n) is 5.10. The van der Waals surface area contributed by atoms with Gasteiger partial charge in [-0.25, -0.2) is 0 Å². The molecular weight excluding hydrogens is 330 g/mol. The van der Waals surface area contributed by atoms with E-state index in [9.17, 15) is 4.79 Å². The van der Waals surface area contributed by atoms with E-state index in [0.29, 0.717) is 6.54 Å². The summed E-state index contributed by atoms with van der Waals surface area (Å²) in [5.74, 6) is -1.18. The zero-order valence-electron chi connectivity index (χ0n) is 16.5. The highest BCUT2D eigenvalue weighted by atomic mass is 28.4. The van der Waals surface area contributed by atoms with Crippen LogP contribution in [0.15, 0.2) is 42.5 Å². The predicted octanol–water partition coefficient (Wildman–Crippen LogP) is 4.69. The number of carbonyl (C=O) groups excluding carboxylic acids is 1. The minimum atomic E-state index is -2.17. The number of benzene rings is 1. The number of hydrogen-bond donors (Lipinski definition) is 0. The molecule has 0 spiro atoms. The lowest BCUT2D eigenvalue weighted by Gasteiger charge is -2.45. The lowest BCUT2D eigenvalue weighted by Crippen LogP contribution is -2.56. The van der Waals surface area contributed by atoms with Crippen molar-refractivity contribution in [2.75, 3.05) is 0 Å². The summed E-state index contributed by atoms with van der Waals surface area (Å²) >= 11 is 0. The Kier molecular flexibility index (Phi) is 5.61. The van der Waals surface area contributed by atoms with Crippen LogP contribution in [0.2, 0.25) is 18.1 Å². The van der Waals surface area contributed by atoms with Crippen molar-refractivity contribution in [1.29, 1.82) is 0 Å². The summed E-state index contributed by atoms with van der Waals surface area (Å²) in [5.41, 5.74) is 1.06. The van der Waals surface area contributed by atoms with E-state index in [1.165, 1.54) is 0 Å². The summed E-state index contributed by atoms with van der Waals surface area (Å²) in [7, 11) is -2.17. The normalized spacial score (nSPS) is 25.2. The number of rotatable bonds is 5. The second-order valence-corrected chi connectivity index (χ2v) is 12.9. The van der Waals surface area contributed by atoms with Crippen LogP contribution in [0, 0.1) is 0 Å². The van der Waals surface area contributed by atoms with Crippen LogP contribution in [0.4, 0.5) is 0 Å². The zero-order valence-corrected chi connectivity index (χ0v) is 17.5. The van der Waals surface area contributed by atoms with Gasteiger partial charge in [-0.15, -0.1) is 0 Å². The number of nitrogens with zero attached hydrogens (tertiary/aromatic N) is 1. The Hall–Kier alpha value is -1.43. The van der Waals surface area contributed by atoms with Gasteiger partial charge in [0.15, 0.2) is 8.32 Å². The summed E-state index contributed by atoms with van der Waals surface area (Å²) in [4.78, 5) is 14.6. The predicted molar refractivity (Wildman–Crippen MR) is 103 cm³/mol. The lowest BCUT2D eigenvalue weighted by atomic mass is 10.2. The Morgan fingerprint density at radius 2 is 1.88 bits per heavy atom. The van der Waals surface area contributed by atoms with E-state index in [4.69, 9.17) is 9.16 Å². The summed E-state index contributed by atoms with van der Waals surface area (Å²) in [6, 6.07) is 9.96. The highest BCUT2D eigenvalue weighted by Crippen LogP contribution is 2.43. The molecule has 25 heavy (non-hydrogen) atoms. The van der Waals surface area contributed by atoms with Crippen molar-refractivity contribution in [3.05, 3.63) is 48.0 Å². The maximum atomic E-state index is 12.8. The molecule has 1 saturated heterocycles. The van der Waals surface area contributed by atoms with Crippen LogP contribution in [0.3, 0.4) is 0 Å². The fraction of sp³-hybridized carbons (Fsp3) is 0.550. The molecule has 1 heterocycles. The van der Waals surface area contributed by atoms with Gasteiger partial charge in [-0.1, -0.05) is 57.2 Å². The topological polar surface area (TPSA) is 38.8 Å². The Balaban J connectivity index is 2.43. The fourth-order valence-corrected chi connectivity index (χ4v) is 3.93. The quantitative estimate of drug-likeness (QED) is 0.564. The molecule has 1 fully saturated rings. The molecule has 1 amide bonds. The molecule has 0 bridgehead atoms. The van der Waals surface area contributed by atoms with E-state index in [-0.39, 0.29) is 10.9 Å². The van der Waals surface area contributed by atoms with E-state index in [2.05, 4.69) is 33.9 Å². The number of hydrogen-bond acceptors (Lipinski definition) is 3. The number of amides is 1. The molecule has 0 unspecified atom stereocenters. The Bertz CT molecular complexity index is 636. The van der Waals surface area contributed by atoms with Gasteiger partial charge in [0.05, 0.1) is 6.54 Å². The van der Waals surface area contributed by atoms with E-state index in [1.54, 1.807) is 11.8 Å². The van der Waals surface area contributed by atoms with Crippen LogP contribution in [-0.2, 0) is 20.5 Å². The van der Waals surface area contributed by atoms with Gasteiger partial charge in [-0.05, 0) is 43.6 Å². The molecule has 138 valence electrons. The SMILES string of the molecule is C/C=C\[C@@]1(O[Si](C)(C)C(C)(C)C)O[C@@H](C)C(=O)N1Cc1ccccc1. The van der Waals surface area contributed by atoms with Gasteiger partial charge in [-0.2, -0.15) is 0 Å². The lowest BCUT2D eigenvalue weighted by molar-refractivity contribution is -0.208. The third kappa shape index (κ3) is 4.05. The second-order valence-electron chi connectivity index (χ2n) is 8.16. The van der Waals surface area contributed by atoms with E-state index < -0.39 is 20.3 Å². The van der Waals surface area contributed by atoms with Crippen molar-refractivity contribution < 1.29 is 14.0 Å². The molecular formula is C20H31NO3Si. The maximum Gasteiger partial charge on any atom is 0.266 e. The van der Waals surface area contributed by atoms with Crippen LogP contribution < -0.4 is 0 Å². The summed E-state index contributed by atoms with van der Waals surface area (Å²) in [5, 5.41) is 0.0121. The van der Waals surface area contributed by atoms with Crippen molar-refractivity contribution in [1.82, 2.24) is 4.90 Å².